The molecular formula is C20H13F5N2O4S. The molecule has 0 bridgehead atoms. The molecule has 0 aliphatic rings. The Morgan fingerprint density at radius 2 is 1.41 bits per heavy atom. The third-order valence-electron chi connectivity index (χ3n) is 3.95. The van der Waals surface area contributed by atoms with E-state index in [0.29, 0.717) is 12.1 Å². The van der Waals surface area contributed by atoms with Gasteiger partial charge in [0.1, 0.15) is 5.75 Å². The van der Waals surface area contributed by atoms with Crippen molar-refractivity contribution in [1.82, 2.24) is 0 Å². The summed E-state index contributed by atoms with van der Waals surface area (Å²) in [5.41, 5.74) is 0.379. The fraction of sp³-hybridized carbons (Fsp3) is 0.0500. The van der Waals surface area contributed by atoms with Gasteiger partial charge in [-0.15, -0.1) is 13.2 Å². The number of halogens is 5. The van der Waals surface area contributed by atoms with Gasteiger partial charge >= 0.3 is 6.36 Å². The summed E-state index contributed by atoms with van der Waals surface area (Å²) in [5, 5.41) is 2.46. The molecule has 1 amide bonds. The second-order valence-electron chi connectivity index (χ2n) is 6.29. The summed E-state index contributed by atoms with van der Waals surface area (Å²) < 4.78 is 93.3. The minimum atomic E-state index is -4.83. The van der Waals surface area contributed by atoms with E-state index in [1.807, 2.05) is 0 Å². The number of carbonyl (C=O) groups excluding carboxylic acids is 1. The monoisotopic (exact) mass is 472 g/mol. The number of nitrogens with one attached hydrogen (secondary N) is 2. The summed E-state index contributed by atoms with van der Waals surface area (Å²) in [7, 11) is -4.20. The van der Waals surface area contributed by atoms with Crippen LogP contribution in [-0.2, 0) is 10.0 Å². The Morgan fingerprint density at radius 1 is 0.812 bits per heavy atom. The topological polar surface area (TPSA) is 84.5 Å². The maximum absolute atomic E-state index is 13.3. The minimum absolute atomic E-state index is 0.0555. The van der Waals surface area contributed by atoms with E-state index in [2.05, 4.69) is 14.8 Å². The van der Waals surface area contributed by atoms with Gasteiger partial charge in [0, 0.05) is 16.9 Å². The number of carbonyl (C=O) groups is 1. The van der Waals surface area contributed by atoms with E-state index >= 15 is 0 Å². The highest BCUT2D eigenvalue weighted by atomic mass is 32.2. The van der Waals surface area contributed by atoms with E-state index in [1.165, 1.54) is 36.4 Å². The van der Waals surface area contributed by atoms with Crippen molar-refractivity contribution in [2.75, 3.05) is 10.0 Å². The van der Waals surface area contributed by atoms with Crippen LogP contribution in [0.3, 0.4) is 0 Å². The number of amides is 1. The molecule has 0 spiro atoms. The molecule has 3 rings (SSSR count). The zero-order valence-corrected chi connectivity index (χ0v) is 16.6. The molecule has 0 aromatic heterocycles. The fourth-order valence-corrected chi connectivity index (χ4v) is 3.56. The van der Waals surface area contributed by atoms with Gasteiger partial charge in [-0.25, -0.2) is 17.2 Å². The van der Waals surface area contributed by atoms with Gasteiger partial charge in [0.05, 0.1) is 4.90 Å². The summed E-state index contributed by atoms with van der Waals surface area (Å²) in [4.78, 5) is 11.8. The van der Waals surface area contributed by atoms with E-state index in [-0.39, 0.29) is 16.9 Å². The number of hydrogen-bond acceptors (Lipinski definition) is 4. The Hall–Kier alpha value is -3.67. The molecule has 0 radical (unpaired) electrons. The maximum Gasteiger partial charge on any atom is 0.573 e. The summed E-state index contributed by atoms with van der Waals surface area (Å²) in [6, 6.07) is 11.7. The van der Waals surface area contributed by atoms with E-state index in [0.717, 1.165) is 18.2 Å². The zero-order chi connectivity index (χ0) is 23.5. The van der Waals surface area contributed by atoms with Gasteiger partial charge < -0.3 is 10.1 Å². The molecule has 0 saturated carbocycles. The predicted molar refractivity (Wildman–Crippen MR) is 105 cm³/mol. The van der Waals surface area contributed by atoms with Crippen LogP contribution in [0.15, 0.2) is 71.6 Å². The third kappa shape index (κ3) is 5.94. The average Bonchev–Trinajstić information content (AvgIpc) is 2.70. The molecule has 0 heterocycles. The number of hydrogen-bond donors (Lipinski definition) is 2. The van der Waals surface area contributed by atoms with Crippen LogP contribution in [-0.4, -0.2) is 20.7 Å². The van der Waals surface area contributed by atoms with Crippen LogP contribution in [0.5, 0.6) is 5.75 Å². The maximum atomic E-state index is 13.3. The lowest BCUT2D eigenvalue weighted by Crippen LogP contribution is -2.17. The average molecular weight is 472 g/mol. The summed E-state index contributed by atoms with van der Waals surface area (Å²) >= 11 is 0. The molecule has 6 nitrogen and oxygen atoms in total. The van der Waals surface area contributed by atoms with Crippen LogP contribution in [0, 0.1) is 11.6 Å². The van der Waals surface area contributed by atoms with Gasteiger partial charge in [0.2, 0.25) is 0 Å². The number of benzene rings is 3. The van der Waals surface area contributed by atoms with Crippen molar-refractivity contribution >= 4 is 27.3 Å². The number of ether oxygens (including phenoxy) is 1. The van der Waals surface area contributed by atoms with Crippen LogP contribution in [0.1, 0.15) is 10.4 Å². The first-order valence-electron chi connectivity index (χ1n) is 8.68. The lowest BCUT2D eigenvalue weighted by atomic mass is 10.2. The van der Waals surface area contributed by atoms with E-state index in [4.69, 9.17) is 0 Å². The summed E-state index contributed by atoms with van der Waals surface area (Å²) in [6.45, 7) is 0. The highest BCUT2D eigenvalue weighted by Crippen LogP contribution is 2.24. The molecule has 3 aromatic rings. The van der Waals surface area contributed by atoms with Crippen LogP contribution in [0.25, 0.3) is 0 Å². The number of rotatable bonds is 6. The van der Waals surface area contributed by atoms with Crippen molar-refractivity contribution in [1.29, 1.82) is 0 Å². The van der Waals surface area contributed by atoms with Crippen molar-refractivity contribution in [2.24, 2.45) is 0 Å². The molecular weight excluding hydrogens is 459 g/mol. The van der Waals surface area contributed by atoms with Crippen LogP contribution in [0.2, 0.25) is 0 Å². The van der Waals surface area contributed by atoms with E-state index < -0.39 is 44.6 Å². The molecule has 0 aliphatic heterocycles. The zero-order valence-electron chi connectivity index (χ0n) is 15.8. The van der Waals surface area contributed by atoms with Gasteiger partial charge in [0.25, 0.3) is 15.9 Å². The Kier molecular flexibility index (Phi) is 6.35. The highest BCUT2D eigenvalue weighted by Gasteiger charge is 2.31. The van der Waals surface area contributed by atoms with Gasteiger partial charge in [-0.3, -0.25) is 9.52 Å². The second-order valence-corrected chi connectivity index (χ2v) is 7.97. The first-order chi connectivity index (χ1) is 14.9. The second kappa shape index (κ2) is 8.83. The molecule has 0 fully saturated rings. The molecule has 0 atom stereocenters. The Morgan fingerprint density at radius 3 is 1.97 bits per heavy atom. The third-order valence-corrected chi connectivity index (χ3v) is 5.33. The molecule has 0 saturated heterocycles. The Bertz CT molecular complexity index is 1230. The molecule has 0 unspecified atom stereocenters. The number of sulfonamides is 1. The quantitative estimate of drug-likeness (QED) is 0.499. The van der Waals surface area contributed by atoms with Crippen molar-refractivity contribution in [3.63, 3.8) is 0 Å². The molecule has 2 N–H and O–H groups in total. The van der Waals surface area contributed by atoms with Crippen LogP contribution in [0.4, 0.5) is 33.3 Å². The minimum Gasteiger partial charge on any atom is -0.406 e. The van der Waals surface area contributed by atoms with E-state index in [9.17, 15) is 35.2 Å². The number of alkyl halides is 3. The normalized spacial score (nSPS) is 11.7. The Labute approximate surface area is 178 Å². The molecule has 168 valence electrons. The van der Waals surface area contributed by atoms with Crippen molar-refractivity contribution in [3.8, 4) is 5.75 Å². The molecule has 3 aromatic carbocycles. The summed E-state index contributed by atoms with van der Waals surface area (Å²) in [6.07, 6.45) is -4.83. The smallest absolute Gasteiger partial charge is 0.406 e. The van der Waals surface area contributed by atoms with Crippen molar-refractivity contribution in [2.45, 2.75) is 11.3 Å². The standard InChI is InChI=1S/C20H13F5N2O4S/c21-17-10-9-16(11-18(17)22)32(29,30)27-14-3-1-12(2-4-14)19(28)26-13-5-7-15(8-6-13)31-20(23,24)25/h1-11,27H,(H,26,28). The molecule has 0 aliphatic carbocycles. The number of anilines is 2. The van der Waals surface area contributed by atoms with Crippen LogP contribution >= 0.6 is 0 Å². The van der Waals surface area contributed by atoms with Crippen molar-refractivity contribution < 1.29 is 39.9 Å². The Balaban J connectivity index is 1.66. The molecule has 12 heteroatoms. The van der Waals surface area contributed by atoms with Gasteiger partial charge in [-0.1, -0.05) is 0 Å². The highest BCUT2D eigenvalue weighted by molar-refractivity contribution is 7.92. The van der Waals surface area contributed by atoms with Gasteiger partial charge in [-0.05, 0) is 66.7 Å². The first-order valence-corrected chi connectivity index (χ1v) is 10.2. The van der Waals surface area contributed by atoms with Crippen molar-refractivity contribution in [3.05, 3.63) is 83.9 Å². The predicted octanol–water partition coefficient (Wildman–Crippen LogP) is 4.92. The lowest BCUT2D eigenvalue weighted by Gasteiger charge is -2.11. The van der Waals surface area contributed by atoms with Crippen LogP contribution < -0.4 is 14.8 Å². The lowest BCUT2D eigenvalue weighted by molar-refractivity contribution is -0.274. The van der Waals surface area contributed by atoms with E-state index in [1.54, 1.807) is 0 Å². The SMILES string of the molecule is O=C(Nc1ccc(OC(F)(F)F)cc1)c1ccc(NS(=O)(=O)c2ccc(F)c(F)c2)cc1. The largest absolute Gasteiger partial charge is 0.573 e. The fourth-order valence-electron chi connectivity index (χ4n) is 2.49. The van der Waals surface area contributed by atoms with Gasteiger partial charge in [0.15, 0.2) is 11.6 Å². The molecule has 32 heavy (non-hydrogen) atoms. The summed E-state index contributed by atoms with van der Waals surface area (Å²) in [5.74, 6) is -3.57. The first kappa shape index (κ1) is 23.0. The van der Waals surface area contributed by atoms with Gasteiger partial charge in [-0.2, -0.15) is 0 Å².